The minimum absolute atomic E-state index is 0.173. The number of carboxylic acid groups (broad SMARTS) is 1. The van der Waals surface area contributed by atoms with E-state index >= 15 is 0 Å². The average molecular weight is 335 g/mol. The molecule has 1 aromatic heterocycles. The zero-order valence-corrected chi connectivity index (χ0v) is 15.4. The highest BCUT2D eigenvalue weighted by Gasteiger charge is 2.33. The lowest BCUT2D eigenvalue weighted by molar-refractivity contribution is -0.141. The van der Waals surface area contributed by atoms with Gasteiger partial charge in [-0.1, -0.05) is 27.7 Å². The Morgan fingerprint density at radius 1 is 1.38 bits per heavy atom. The number of likely N-dealkylation sites (tertiary alicyclic amines) is 1. The molecule has 0 spiro atoms. The van der Waals surface area contributed by atoms with Crippen molar-refractivity contribution in [1.82, 2.24) is 14.7 Å². The molecule has 6 heteroatoms. The number of hydrogen-bond donors (Lipinski definition) is 1. The number of carboxylic acids is 1. The van der Waals surface area contributed by atoms with Crippen molar-refractivity contribution in [2.45, 2.75) is 53.5 Å². The molecule has 0 aliphatic carbocycles. The average Bonchev–Trinajstić information content (AvgIpc) is 2.43. The van der Waals surface area contributed by atoms with Gasteiger partial charge >= 0.3 is 5.97 Å². The quantitative estimate of drug-likeness (QED) is 0.826. The van der Waals surface area contributed by atoms with E-state index in [-0.39, 0.29) is 11.5 Å². The number of hydrogen-bond acceptors (Lipinski definition) is 4. The maximum absolute atomic E-state index is 12.4. The van der Waals surface area contributed by atoms with Gasteiger partial charge in [-0.2, -0.15) is 5.10 Å². The molecule has 0 aromatic carbocycles. The molecule has 1 unspecified atom stereocenters. The van der Waals surface area contributed by atoms with E-state index in [2.05, 4.69) is 23.8 Å². The number of aromatic nitrogens is 2. The second-order valence-corrected chi connectivity index (χ2v) is 8.18. The highest BCUT2D eigenvalue weighted by atomic mass is 16.4. The van der Waals surface area contributed by atoms with Gasteiger partial charge in [0.1, 0.15) is 0 Å². The fourth-order valence-corrected chi connectivity index (χ4v) is 3.39. The lowest BCUT2D eigenvalue weighted by atomic mass is 9.84. The summed E-state index contributed by atoms with van der Waals surface area (Å²) in [5.74, 6) is -0.827. The van der Waals surface area contributed by atoms with Crippen molar-refractivity contribution in [2.24, 2.45) is 11.3 Å². The molecule has 0 bridgehead atoms. The molecule has 1 aliphatic rings. The number of aliphatic carboxylic acids is 1. The molecule has 2 rings (SSSR count). The highest BCUT2D eigenvalue weighted by Crippen LogP contribution is 2.28. The second-order valence-electron chi connectivity index (χ2n) is 8.18. The van der Waals surface area contributed by atoms with Crippen LogP contribution < -0.4 is 5.56 Å². The molecule has 6 nitrogen and oxygen atoms in total. The van der Waals surface area contributed by atoms with E-state index in [0.29, 0.717) is 17.4 Å². The van der Waals surface area contributed by atoms with Crippen LogP contribution in [0.4, 0.5) is 0 Å². The number of rotatable bonds is 7. The van der Waals surface area contributed by atoms with Gasteiger partial charge in [-0.3, -0.25) is 4.79 Å². The summed E-state index contributed by atoms with van der Waals surface area (Å²) in [4.78, 5) is 26.3. The molecule has 24 heavy (non-hydrogen) atoms. The fourth-order valence-electron chi connectivity index (χ4n) is 3.39. The van der Waals surface area contributed by atoms with Crippen molar-refractivity contribution in [3.05, 3.63) is 27.7 Å². The van der Waals surface area contributed by atoms with Gasteiger partial charge in [0.15, 0.2) is 6.04 Å². The maximum Gasteiger partial charge on any atom is 0.328 e. The van der Waals surface area contributed by atoms with Crippen LogP contribution in [-0.2, 0) is 11.2 Å². The molecule has 1 N–H and O–H groups in total. The van der Waals surface area contributed by atoms with Crippen molar-refractivity contribution in [3.63, 3.8) is 0 Å². The van der Waals surface area contributed by atoms with Crippen molar-refractivity contribution in [2.75, 3.05) is 19.6 Å². The summed E-state index contributed by atoms with van der Waals surface area (Å²) in [5.41, 5.74) is 1.41. The van der Waals surface area contributed by atoms with Crippen LogP contribution in [0, 0.1) is 18.3 Å². The number of carbonyl (C=O) groups is 1. The standard InChI is InChI=1S/C18H29N3O3/c1-12(2)8-15(17(23)24)21-16(22)13(3)9-14(19-21)6-7-20-10-18(4,5)11-20/h9,12,15H,6-8,10-11H2,1-5H3,(H,23,24). The molecular weight excluding hydrogens is 306 g/mol. The summed E-state index contributed by atoms with van der Waals surface area (Å²) < 4.78 is 1.17. The highest BCUT2D eigenvalue weighted by molar-refractivity contribution is 5.71. The van der Waals surface area contributed by atoms with E-state index < -0.39 is 12.0 Å². The van der Waals surface area contributed by atoms with E-state index in [1.54, 1.807) is 13.0 Å². The third-order valence-electron chi connectivity index (χ3n) is 4.43. The van der Waals surface area contributed by atoms with E-state index in [1.165, 1.54) is 4.68 Å². The zero-order valence-electron chi connectivity index (χ0n) is 15.4. The van der Waals surface area contributed by atoms with Crippen LogP contribution in [0.25, 0.3) is 0 Å². The molecule has 0 radical (unpaired) electrons. The van der Waals surface area contributed by atoms with Gasteiger partial charge in [0, 0.05) is 31.6 Å². The minimum Gasteiger partial charge on any atom is -0.480 e. The largest absolute Gasteiger partial charge is 0.480 e. The number of nitrogens with zero attached hydrogens (tertiary/aromatic N) is 3. The number of aryl methyl sites for hydroxylation is 1. The van der Waals surface area contributed by atoms with E-state index in [0.717, 1.165) is 31.7 Å². The van der Waals surface area contributed by atoms with Crippen molar-refractivity contribution >= 4 is 5.97 Å². The lowest BCUT2D eigenvalue weighted by Gasteiger charge is -2.46. The Morgan fingerprint density at radius 2 is 2.00 bits per heavy atom. The monoisotopic (exact) mass is 335 g/mol. The second kappa shape index (κ2) is 7.05. The molecule has 0 amide bonds. The Balaban J connectivity index is 2.18. The lowest BCUT2D eigenvalue weighted by Crippen LogP contribution is -2.53. The SMILES string of the molecule is Cc1cc(CCN2CC(C)(C)C2)nn(C(CC(C)C)C(=O)O)c1=O. The van der Waals surface area contributed by atoms with Gasteiger partial charge < -0.3 is 10.0 Å². The third-order valence-corrected chi connectivity index (χ3v) is 4.43. The molecule has 0 saturated carbocycles. The van der Waals surface area contributed by atoms with Crippen LogP contribution in [0.2, 0.25) is 0 Å². The first-order valence-electron chi connectivity index (χ1n) is 8.63. The zero-order chi connectivity index (χ0) is 18.1. The van der Waals surface area contributed by atoms with Gasteiger partial charge in [0.25, 0.3) is 5.56 Å². The summed E-state index contributed by atoms with van der Waals surface area (Å²) in [6.45, 7) is 13.1. The van der Waals surface area contributed by atoms with E-state index in [4.69, 9.17) is 0 Å². The van der Waals surface area contributed by atoms with Gasteiger partial charge in [-0.15, -0.1) is 0 Å². The Bertz CT molecular complexity index is 656. The van der Waals surface area contributed by atoms with Crippen LogP contribution in [0.1, 0.15) is 51.4 Å². The summed E-state index contributed by atoms with van der Waals surface area (Å²) in [5, 5.41) is 13.9. The molecule has 1 atom stereocenters. The van der Waals surface area contributed by atoms with Crippen LogP contribution in [0.5, 0.6) is 0 Å². The Kier molecular flexibility index (Phi) is 5.48. The van der Waals surface area contributed by atoms with Gasteiger partial charge in [-0.25, -0.2) is 9.48 Å². The fraction of sp³-hybridized carbons (Fsp3) is 0.722. The van der Waals surface area contributed by atoms with Crippen LogP contribution in [-0.4, -0.2) is 45.4 Å². The summed E-state index contributed by atoms with van der Waals surface area (Å²) in [7, 11) is 0. The molecule has 1 aliphatic heterocycles. The Hall–Kier alpha value is -1.69. The summed E-state index contributed by atoms with van der Waals surface area (Å²) in [6, 6.07) is 0.886. The first-order valence-corrected chi connectivity index (χ1v) is 8.63. The van der Waals surface area contributed by atoms with Crippen molar-refractivity contribution < 1.29 is 9.90 Å². The van der Waals surface area contributed by atoms with Crippen molar-refractivity contribution in [3.8, 4) is 0 Å². The smallest absolute Gasteiger partial charge is 0.328 e. The molecule has 1 saturated heterocycles. The predicted octanol–water partition coefficient (Wildman–Crippen LogP) is 2.11. The summed E-state index contributed by atoms with van der Waals surface area (Å²) >= 11 is 0. The van der Waals surface area contributed by atoms with Crippen LogP contribution in [0.3, 0.4) is 0 Å². The van der Waals surface area contributed by atoms with E-state index in [9.17, 15) is 14.7 Å². The molecule has 1 aromatic rings. The van der Waals surface area contributed by atoms with Gasteiger partial charge in [-0.05, 0) is 30.7 Å². The van der Waals surface area contributed by atoms with Gasteiger partial charge in [0.05, 0.1) is 5.69 Å². The summed E-state index contributed by atoms with van der Waals surface area (Å²) in [6.07, 6.45) is 1.12. The normalized spacial score (nSPS) is 18.4. The van der Waals surface area contributed by atoms with Crippen LogP contribution in [0.15, 0.2) is 10.9 Å². The first-order chi connectivity index (χ1) is 11.1. The topological polar surface area (TPSA) is 75.4 Å². The third kappa shape index (κ3) is 4.44. The molecule has 1 fully saturated rings. The van der Waals surface area contributed by atoms with Crippen LogP contribution >= 0.6 is 0 Å². The molecule has 2 heterocycles. The molecule has 134 valence electrons. The van der Waals surface area contributed by atoms with E-state index in [1.807, 2.05) is 13.8 Å². The Labute approximate surface area is 143 Å². The Morgan fingerprint density at radius 3 is 2.50 bits per heavy atom. The van der Waals surface area contributed by atoms with Crippen molar-refractivity contribution in [1.29, 1.82) is 0 Å². The predicted molar refractivity (Wildman–Crippen MR) is 93.3 cm³/mol. The minimum atomic E-state index is -1.00. The molecular formula is C18H29N3O3. The first kappa shape index (κ1) is 18.6. The maximum atomic E-state index is 12.4. The van der Waals surface area contributed by atoms with Gasteiger partial charge in [0.2, 0.25) is 0 Å².